The molecule has 0 radical (unpaired) electrons. The van der Waals surface area contributed by atoms with Crippen molar-refractivity contribution in [3.8, 4) is 0 Å². The normalized spacial score (nSPS) is 17.3. The molecule has 7 nitrogen and oxygen atoms in total. The van der Waals surface area contributed by atoms with Crippen LogP contribution >= 0.6 is 11.3 Å². The van der Waals surface area contributed by atoms with E-state index < -0.39 is 0 Å². The van der Waals surface area contributed by atoms with E-state index in [1.807, 2.05) is 5.38 Å². The van der Waals surface area contributed by atoms with Crippen molar-refractivity contribution < 1.29 is 4.79 Å². The molecule has 0 unspecified atom stereocenters. The molecule has 1 saturated heterocycles. The maximum atomic E-state index is 12.4. The second kappa shape index (κ2) is 6.29. The van der Waals surface area contributed by atoms with Gasteiger partial charge in [-0.2, -0.15) is 5.10 Å². The molecule has 0 saturated carbocycles. The number of aromatic nitrogens is 3. The van der Waals surface area contributed by atoms with Crippen LogP contribution in [-0.2, 0) is 19.5 Å². The average molecular weight is 332 g/mol. The first-order valence-corrected chi connectivity index (χ1v) is 8.93. The van der Waals surface area contributed by atoms with Gasteiger partial charge in [0.15, 0.2) is 10.8 Å². The van der Waals surface area contributed by atoms with Gasteiger partial charge in [0.25, 0.3) is 5.91 Å². The monoisotopic (exact) mass is 332 g/mol. The molecule has 1 fully saturated rings. The predicted octanol–water partition coefficient (Wildman–Crippen LogP) is 1.04. The van der Waals surface area contributed by atoms with Gasteiger partial charge >= 0.3 is 0 Å². The minimum atomic E-state index is -0.125. The number of hydrogen-bond donors (Lipinski definition) is 3. The largest absolute Gasteiger partial charge is 0.348 e. The van der Waals surface area contributed by atoms with Crippen LogP contribution in [0.25, 0.3) is 0 Å². The SMILES string of the molecule is O=C(NCc1csc(N2CCCC2)n1)c1n[nH]c2c1CCNC2. The van der Waals surface area contributed by atoms with E-state index in [2.05, 4.69) is 30.7 Å². The lowest BCUT2D eigenvalue weighted by Gasteiger charge is -2.13. The van der Waals surface area contributed by atoms with E-state index in [0.29, 0.717) is 12.2 Å². The zero-order valence-electron chi connectivity index (χ0n) is 12.9. The van der Waals surface area contributed by atoms with E-state index in [4.69, 9.17) is 0 Å². The average Bonchev–Trinajstić information content (AvgIpc) is 3.31. The maximum Gasteiger partial charge on any atom is 0.272 e. The molecule has 0 aromatic carbocycles. The van der Waals surface area contributed by atoms with Gasteiger partial charge in [0.05, 0.1) is 17.9 Å². The molecular formula is C15H20N6OS. The van der Waals surface area contributed by atoms with Crippen LogP contribution in [0, 0.1) is 0 Å². The Morgan fingerprint density at radius 2 is 2.26 bits per heavy atom. The second-order valence-corrected chi connectivity index (χ2v) is 6.79. The molecule has 1 amide bonds. The lowest BCUT2D eigenvalue weighted by Crippen LogP contribution is -2.28. The number of hydrogen-bond acceptors (Lipinski definition) is 6. The summed E-state index contributed by atoms with van der Waals surface area (Å²) in [7, 11) is 0. The summed E-state index contributed by atoms with van der Waals surface area (Å²) in [4.78, 5) is 19.3. The number of H-pyrrole nitrogens is 1. The van der Waals surface area contributed by atoms with Gasteiger partial charge in [0, 0.05) is 30.6 Å². The van der Waals surface area contributed by atoms with Crippen LogP contribution in [-0.4, -0.2) is 40.7 Å². The number of fused-ring (bicyclic) bond motifs is 1. The number of nitrogens with one attached hydrogen (secondary N) is 3. The second-order valence-electron chi connectivity index (χ2n) is 5.95. The van der Waals surface area contributed by atoms with Crippen molar-refractivity contribution in [2.24, 2.45) is 0 Å². The first kappa shape index (κ1) is 14.6. The number of carbonyl (C=O) groups is 1. The summed E-state index contributed by atoms with van der Waals surface area (Å²) in [6, 6.07) is 0. The van der Waals surface area contributed by atoms with Crippen LogP contribution in [0.3, 0.4) is 0 Å². The number of anilines is 1. The van der Waals surface area contributed by atoms with Crippen LogP contribution in [0.15, 0.2) is 5.38 Å². The fourth-order valence-electron chi connectivity index (χ4n) is 3.12. The Kier molecular flexibility index (Phi) is 4.00. The molecule has 3 N–H and O–H groups in total. The minimum absolute atomic E-state index is 0.125. The Morgan fingerprint density at radius 3 is 3.13 bits per heavy atom. The number of rotatable bonds is 4. The summed E-state index contributed by atoms with van der Waals surface area (Å²) in [6.45, 7) is 4.27. The highest BCUT2D eigenvalue weighted by atomic mass is 32.1. The topological polar surface area (TPSA) is 85.9 Å². The highest BCUT2D eigenvalue weighted by Gasteiger charge is 2.21. The summed E-state index contributed by atoms with van der Waals surface area (Å²) >= 11 is 1.65. The van der Waals surface area contributed by atoms with Gasteiger partial charge in [-0.15, -0.1) is 11.3 Å². The molecule has 4 heterocycles. The van der Waals surface area contributed by atoms with Gasteiger partial charge in [-0.25, -0.2) is 4.98 Å². The summed E-state index contributed by atoms with van der Waals surface area (Å²) in [6.07, 6.45) is 3.32. The van der Waals surface area contributed by atoms with Gasteiger partial charge in [0.2, 0.25) is 0 Å². The smallest absolute Gasteiger partial charge is 0.272 e. The summed E-state index contributed by atoms with van der Waals surface area (Å²) < 4.78 is 0. The summed E-state index contributed by atoms with van der Waals surface area (Å²) in [5.41, 5.74) is 3.50. The van der Waals surface area contributed by atoms with Crippen LogP contribution in [0.5, 0.6) is 0 Å². The number of aromatic amines is 1. The molecule has 0 aliphatic carbocycles. The van der Waals surface area contributed by atoms with E-state index >= 15 is 0 Å². The standard InChI is InChI=1S/C15H20N6OS/c22-14(13-11-3-4-16-8-12(11)19-20-13)17-7-10-9-23-15(18-10)21-5-1-2-6-21/h9,16H,1-8H2,(H,17,22)(H,19,20). The lowest BCUT2D eigenvalue weighted by atomic mass is 10.1. The molecule has 2 aromatic heterocycles. The molecule has 4 rings (SSSR count). The van der Waals surface area contributed by atoms with Crippen molar-refractivity contribution in [1.29, 1.82) is 0 Å². The highest BCUT2D eigenvalue weighted by molar-refractivity contribution is 7.13. The van der Waals surface area contributed by atoms with Crippen LogP contribution in [0.2, 0.25) is 0 Å². The number of nitrogens with zero attached hydrogens (tertiary/aromatic N) is 3. The molecule has 23 heavy (non-hydrogen) atoms. The van der Waals surface area contributed by atoms with Crippen LogP contribution in [0.1, 0.15) is 40.3 Å². The first-order chi connectivity index (χ1) is 11.3. The zero-order chi connectivity index (χ0) is 15.6. The van der Waals surface area contributed by atoms with Crippen LogP contribution in [0.4, 0.5) is 5.13 Å². The molecule has 2 aromatic rings. The van der Waals surface area contributed by atoms with Gasteiger partial charge in [-0.1, -0.05) is 0 Å². The maximum absolute atomic E-state index is 12.4. The lowest BCUT2D eigenvalue weighted by molar-refractivity contribution is 0.0944. The summed E-state index contributed by atoms with van der Waals surface area (Å²) in [5.74, 6) is -0.125. The number of thiazole rings is 1. The Bertz CT molecular complexity index is 703. The van der Waals surface area contributed by atoms with E-state index in [-0.39, 0.29) is 5.91 Å². The van der Waals surface area contributed by atoms with Crippen molar-refractivity contribution in [2.45, 2.75) is 32.4 Å². The summed E-state index contributed by atoms with van der Waals surface area (Å²) in [5, 5.41) is 16.4. The quantitative estimate of drug-likeness (QED) is 0.779. The fourth-order valence-corrected chi connectivity index (χ4v) is 4.00. The van der Waals surface area contributed by atoms with Crippen molar-refractivity contribution in [3.05, 3.63) is 28.0 Å². The minimum Gasteiger partial charge on any atom is -0.348 e. The molecule has 0 bridgehead atoms. The molecular weight excluding hydrogens is 312 g/mol. The molecule has 0 atom stereocenters. The number of carbonyl (C=O) groups excluding carboxylic acids is 1. The Morgan fingerprint density at radius 1 is 1.39 bits per heavy atom. The van der Waals surface area contributed by atoms with Crippen molar-refractivity contribution >= 4 is 22.4 Å². The van der Waals surface area contributed by atoms with E-state index in [1.165, 1.54) is 12.8 Å². The van der Waals surface area contributed by atoms with E-state index in [9.17, 15) is 4.79 Å². The molecule has 122 valence electrons. The van der Waals surface area contributed by atoms with E-state index in [0.717, 1.165) is 54.7 Å². The predicted molar refractivity (Wildman–Crippen MR) is 88.7 cm³/mol. The zero-order valence-corrected chi connectivity index (χ0v) is 13.7. The van der Waals surface area contributed by atoms with Crippen LogP contribution < -0.4 is 15.5 Å². The highest BCUT2D eigenvalue weighted by Crippen LogP contribution is 2.24. The third kappa shape index (κ3) is 2.96. The Hall–Kier alpha value is -1.93. The third-order valence-corrected chi connectivity index (χ3v) is 5.32. The molecule has 8 heteroatoms. The Balaban J connectivity index is 1.39. The Labute approximate surface area is 138 Å². The van der Waals surface area contributed by atoms with Gasteiger partial charge < -0.3 is 15.5 Å². The van der Waals surface area contributed by atoms with Crippen molar-refractivity contribution in [2.75, 3.05) is 24.5 Å². The van der Waals surface area contributed by atoms with Crippen molar-refractivity contribution in [1.82, 2.24) is 25.8 Å². The van der Waals surface area contributed by atoms with Gasteiger partial charge in [-0.3, -0.25) is 9.89 Å². The van der Waals surface area contributed by atoms with Crippen molar-refractivity contribution in [3.63, 3.8) is 0 Å². The first-order valence-electron chi connectivity index (χ1n) is 8.05. The molecule has 2 aliphatic heterocycles. The van der Waals surface area contributed by atoms with Gasteiger partial charge in [0.1, 0.15) is 0 Å². The molecule has 0 spiro atoms. The van der Waals surface area contributed by atoms with Gasteiger partial charge in [-0.05, 0) is 25.8 Å². The third-order valence-electron chi connectivity index (χ3n) is 4.37. The fraction of sp³-hybridized carbons (Fsp3) is 0.533. The molecule has 2 aliphatic rings. The van der Waals surface area contributed by atoms with E-state index in [1.54, 1.807) is 11.3 Å². The number of amides is 1.